The smallest absolute Gasteiger partial charge is 0.314 e. The van der Waals surface area contributed by atoms with Crippen LogP contribution in [0.2, 0.25) is 0 Å². The first-order valence-electron chi connectivity index (χ1n) is 7.08. The Bertz CT molecular complexity index is 419. The maximum atomic E-state index is 12.1. The van der Waals surface area contributed by atoms with Crippen LogP contribution in [-0.2, 0) is 16.6 Å². The second-order valence-corrected chi connectivity index (χ2v) is 5.44. The van der Waals surface area contributed by atoms with Crippen LogP contribution in [0, 0.1) is 0 Å². The summed E-state index contributed by atoms with van der Waals surface area (Å²) in [4.78, 5) is 11.7. The number of carboxylic acid groups (broad SMARTS) is 1. The Hall–Kier alpha value is -1.38. The van der Waals surface area contributed by atoms with E-state index in [4.69, 9.17) is 0 Å². The maximum absolute atomic E-state index is 12.1. The Kier molecular flexibility index (Phi) is 4.56. The summed E-state index contributed by atoms with van der Waals surface area (Å²) in [6.07, 6.45) is 5.80. The van der Waals surface area contributed by atoms with Crippen LogP contribution in [0.5, 0.6) is 0 Å². The van der Waals surface area contributed by atoms with Gasteiger partial charge in [-0.15, -0.1) is 0 Å². The summed E-state index contributed by atoms with van der Waals surface area (Å²) >= 11 is 0. The Morgan fingerprint density at radius 3 is 2.32 bits per heavy atom. The highest BCUT2D eigenvalue weighted by Gasteiger charge is 2.41. The van der Waals surface area contributed by atoms with Crippen molar-refractivity contribution in [3.8, 4) is 0 Å². The lowest BCUT2D eigenvalue weighted by atomic mass is 9.69. The third-order valence-corrected chi connectivity index (χ3v) is 4.22. The first kappa shape index (κ1) is 14.0. The van der Waals surface area contributed by atoms with Gasteiger partial charge in [0.15, 0.2) is 0 Å². The Labute approximate surface area is 113 Å². The predicted molar refractivity (Wildman–Crippen MR) is 73.1 cm³/mol. The molecule has 19 heavy (non-hydrogen) atoms. The number of hydrogen-bond donors (Lipinski definition) is 1. The molecule has 1 fully saturated rings. The Morgan fingerprint density at radius 1 is 1.16 bits per heavy atom. The van der Waals surface area contributed by atoms with E-state index in [9.17, 15) is 14.3 Å². The largest absolute Gasteiger partial charge is 0.481 e. The zero-order chi connectivity index (χ0) is 13.7. The third kappa shape index (κ3) is 2.96. The van der Waals surface area contributed by atoms with Crippen LogP contribution >= 0.6 is 0 Å². The molecule has 1 saturated carbocycles. The number of carbonyl (C=O) groups is 1. The number of rotatable bonds is 5. The zero-order valence-corrected chi connectivity index (χ0v) is 11.2. The highest BCUT2D eigenvalue weighted by Crippen LogP contribution is 2.39. The van der Waals surface area contributed by atoms with E-state index in [0.717, 1.165) is 49.7 Å². The summed E-state index contributed by atoms with van der Waals surface area (Å²) in [5, 5.41) is 9.60. The molecule has 1 aromatic rings. The normalized spacial score (nSPS) is 18.2. The van der Waals surface area contributed by atoms with Crippen LogP contribution in [0.3, 0.4) is 0 Å². The minimum atomic E-state index is -0.705. The highest BCUT2D eigenvalue weighted by molar-refractivity contribution is 5.81. The number of carboxylic acids is 1. The first-order chi connectivity index (χ1) is 9.19. The average Bonchev–Trinajstić information content (AvgIpc) is 2.46. The summed E-state index contributed by atoms with van der Waals surface area (Å²) in [5.41, 5.74) is 1.29. The van der Waals surface area contributed by atoms with Crippen LogP contribution in [0.1, 0.15) is 49.7 Å². The lowest BCUT2D eigenvalue weighted by Crippen LogP contribution is -2.37. The summed E-state index contributed by atoms with van der Waals surface area (Å²) in [6, 6.07) is 7.74. The molecule has 0 aliphatic heterocycles. The number of benzene rings is 1. The standard InChI is InChI=1S/C16H21FO2/c17-12-4-5-13-6-8-14(9-7-13)16(15(18)19)10-2-1-3-11-16/h6-9H,1-5,10-12H2,(H,18,19). The van der Waals surface area contributed by atoms with Gasteiger partial charge in [-0.1, -0.05) is 43.5 Å². The SMILES string of the molecule is O=C(O)C1(c2ccc(CCCF)cc2)CCCCC1. The van der Waals surface area contributed by atoms with Crippen molar-refractivity contribution in [1.82, 2.24) is 0 Å². The van der Waals surface area contributed by atoms with Gasteiger partial charge in [0.25, 0.3) is 0 Å². The molecule has 0 saturated heterocycles. The molecule has 1 aromatic carbocycles. The molecule has 0 aromatic heterocycles. The van der Waals surface area contributed by atoms with E-state index in [2.05, 4.69) is 0 Å². The van der Waals surface area contributed by atoms with Gasteiger partial charge >= 0.3 is 5.97 Å². The molecule has 0 heterocycles. The lowest BCUT2D eigenvalue weighted by molar-refractivity contribution is -0.145. The molecule has 104 valence electrons. The monoisotopic (exact) mass is 264 g/mol. The van der Waals surface area contributed by atoms with Crippen molar-refractivity contribution in [2.75, 3.05) is 6.67 Å². The highest BCUT2D eigenvalue weighted by atomic mass is 19.1. The molecule has 0 unspecified atom stereocenters. The fraction of sp³-hybridized carbons (Fsp3) is 0.562. The summed E-state index contributed by atoms with van der Waals surface area (Å²) in [6.45, 7) is -0.305. The molecular formula is C16H21FO2. The van der Waals surface area contributed by atoms with Gasteiger partial charge in [-0.05, 0) is 36.8 Å². The van der Waals surface area contributed by atoms with E-state index in [0.29, 0.717) is 6.42 Å². The maximum Gasteiger partial charge on any atom is 0.314 e. The second-order valence-electron chi connectivity index (χ2n) is 5.44. The molecule has 2 rings (SSSR count). The number of halogens is 1. The van der Waals surface area contributed by atoms with Crippen LogP contribution in [0.25, 0.3) is 0 Å². The summed E-state index contributed by atoms with van der Waals surface area (Å²) in [5.74, 6) is -0.705. The van der Waals surface area contributed by atoms with E-state index in [1.165, 1.54) is 0 Å². The van der Waals surface area contributed by atoms with Crippen LogP contribution in [0.4, 0.5) is 4.39 Å². The van der Waals surface area contributed by atoms with Crippen molar-refractivity contribution in [2.45, 2.75) is 50.4 Å². The Morgan fingerprint density at radius 2 is 1.79 bits per heavy atom. The van der Waals surface area contributed by atoms with Gasteiger partial charge in [0.05, 0.1) is 12.1 Å². The summed E-state index contributed by atoms with van der Waals surface area (Å²) in [7, 11) is 0. The first-order valence-corrected chi connectivity index (χ1v) is 7.08. The van der Waals surface area contributed by atoms with Crippen molar-refractivity contribution in [3.05, 3.63) is 35.4 Å². The molecule has 0 atom stereocenters. The molecule has 0 bridgehead atoms. The minimum Gasteiger partial charge on any atom is -0.481 e. The predicted octanol–water partition coefficient (Wildman–Crippen LogP) is 3.88. The second kappa shape index (κ2) is 6.18. The van der Waals surface area contributed by atoms with Crippen molar-refractivity contribution in [1.29, 1.82) is 0 Å². The average molecular weight is 264 g/mol. The van der Waals surface area contributed by atoms with Gasteiger partial charge in [-0.3, -0.25) is 9.18 Å². The number of alkyl halides is 1. The van der Waals surface area contributed by atoms with Crippen LogP contribution in [-0.4, -0.2) is 17.8 Å². The van der Waals surface area contributed by atoms with Gasteiger partial charge in [0.2, 0.25) is 0 Å². The molecule has 0 amide bonds. The molecule has 0 radical (unpaired) electrons. The van der Waals surface area contributed by atoms with Crippen molar-refractivity contribution in [2.24, 2.45) is 0 Å². The van der Waals surface area contributed by atoms with Gasteiger partial charge in [0, 0.05) is 0 Å². The topological polar surface area (TPSA) is 37.3 Å². The molecule has 0 spiro atoms. The number of aryl methyl sites for hydroxylation is 1. The molecule has 3 heteroatoms. The van der Waals surface area contributed by atoms with Crippen molar-refractivity contribution in [3.63, 3.8) is 0 Å². The van der Waals surface area contributed by atoms with Crippen LogP contribution in [0.15, 0.2) is 24.3 Å². The van der Waals surface area contributed by atoms with E-state index >= 15 is 0 Å². The van der Waals surface area contributed by atoms with E-state index in [-0.39, 0.29) is 6.67 Å². The number of hydrogen-bond acceptors (Lipinski definition) is 1. The van der Waals surface area contributed by atoms with E-state index in [1.54, 1.807) is 0 Å². The van der Waals surface area contributed by atoms with E-state index < -0.39 is 11.4 Å². The fourth-order valence-corrected chi connectivity index (χ4v) is 3.04. The van der Waals surface area contributed by atoms with Crippen molar-refractivity contribution >= 4 is 5.97 Å². The molecule has 1 aliphatic carbocycles. The lowest BCUT2D eigenvalue weighted by Gasteiger charge is -2.33. The van der Waals surface area contributed by atoms with Gasteiger partial charge in [-0.25, -0.2) is 0 Å². The van der Waals surface area contributed by atoms with Crippen LogP contribution < -0.4 is 0 Å². The quantitative estimate of drug-likeness (QED) is 0.876. The van der Waals surface area contributed by atoms with Gasteiger partial charge < -0.3 is 5.11 Å². The molecule has 2 nitrogen and oxygen atoms in total. The minimum absolute atomic E-state index is 0.305. The Balaban J connectivity index is 2.20. The fourth-order valence-electron chi connectivity index (χ4n) is 3.04. The molecule has 1 N–H and O–H groups in total. The third-order valence-electron chi connectivity index (χ3n) is 4.22. The number of aliphatic carboxylic acids is 1. The van der Waals surface area contributed by atoms with Crippen molar-refractivity contribution < 1.29 is 14.3 Å². The zero-order valence-electron chi connectivity index (χ0n) is 11.2. The molecular weight excluding hydrogens is 243 g/mol. The van der Waals surface area contributed by atoms with E-state index in [1.807, 2.05) is 24.3 Å². The summed E-state index contributed by atoms with van der Waals surface area (Å²) < 4.78 is 12.1. The van der Waals surface area contributed by atoms with Gasteiger partial charge in [-0.2, -0.15) is 0 Å². The molecule has 1 aliphatic rings. The van der Waals surface area contributed by atoms with Gasteiger partial charge in [0.1, 0.15) is 0 Å².